The molecular formula is C18H41Cl2N3O2. The van der Waals surface area contributed by atoms with E-state index in [0.29, 0.717) is 6.54 Å². The summed E-state index contributed by atoms with van der Waals surface area (Å²) < 4.78 is 0.841. The van der Waals surface area contributed by atoms with Gasteiger partial charge in [-0.3, -0.25) is 10.0 Å². The molecule has 5 nitrogen and oxygen atoms in total. The first-order chi connectivity index (χ1) is 10.8. The highest BCUT2D eigenvalue weighted by Gasteiger charge is 2.22. The van der Waals surface area contributed by atoms with Gasteiger partial charge in [0.1, 0.15) is 0 Å². The molecule has 0 fully saturated rings. The molecule has 7 heteroatoms. The van der Waals surface area contributed by atoms with Crippen molar-refractivity contribution in [2.24, 2.45) is 0 Å². The van der Waals surface area contributed by atoms with Crippen LogP contribution in [0.25, 0.3) is 0 Å². The lowest BCUT2D eigenvalue weighted by Gasteiger charge is -2.25. The lowest BCUT2D eigenvalue weighted by atomic mass is 10.0. The van der Waals surface area contributed by atoms with Crippen molar-refractivity contribution in [1.82, 2.24) is 5.06 Å². The van der Waals surface area contributed by atoms with Crippen molar-refractivity contribution in [3.05, 3.63) is 0 Å². The lowest BCUT2D eigenvalue weighted by molar-refractivity contribution is -0.870. The molecular weight excluding hydrogens is 361 g/mol. The number of amides is 1. The molecule has 154 valence electrons. The van der Waals surface area contributed by atoms with Gasteiger partial charge >= 0.3 is 5.91 Å². The summed E-state index contributed by atoms with van der Waals surface area (Å²) in [5, 5.41) is 10.7. The van der Waals surface area contributed by atoms with E-state index in [0.717, 1.165) is 35.4 Å². The molecule has 0 aliphatic rings. The standard InChI is InChI=1S/C18H40N3O2.2ClH/c1-5-6-7-8-9-10-11-12-14-17(19)18(22)20(23)15-13-16-21(2,3)4;;/h17,23H,5-16,19H2,1-4H3;2*1H/q+1;;/p-1. The number of hydrogen-bond acceptors (Lipinski definition) is 2. The number of unbranched alkanes of at least 4 members (excludes halogenated alkanes) is 7. The van der Waals surface area contributed by atoms with Crippen LogP contribution >= 0.6 is 0 Å². The maximum absolute atomic E-state index is 12.0. The highest BCUT2D eigenvalue weighted by atomic mass is 35.5. The van der Waals surface area contributed by atoms with Gasteiger partial charge in [-0.25, -0.2) is 5.06 Å². The number of carbonyl (C=O) groups excluding carboxylic acids is 1. The summed E-state index contributed by atoms with van der Waals surface area (Å²) >= 11 is 0. The largest absolute Gasteiger partial charge is 1.00 e. The van der Waals surface area contributed by atoms with Crippen molar-refractivity contribution in [3.8, 4) is 0 Å². The Morgan fingerprint density at radius 3 is 1.92 bits per heavy atom. The third kappa shape index (κ3) is 18.5. The summed E-state index contributed by atoms with van der Waals surface area (Å²) in [6, 6.07) is -0.316. The highest BCUT2D eigenvalue weighted by molar-refractivity contribution is 5.79. The van der Waals surface area contributed by atoms with Crippen LogP contribution in [0.5, 0.6) is 0 Å². The van der Waals surface area contributed by atoms with E-state index in [1.54, 1.807) is 0 Å². The zero-order chi connectivity index (χ0) is 17.7. The number of nitrogens with zero attached hydrogens (tertiary/aromatic N) is 2. The minimum Gasteiger partial charge on any atom is -1.00 e. The van der Waals surface area contributed by atoms with Crippen LogP contribution < -0.4 is 30.5 Å². The Balaban J connectivity index is -0.00000242. The first-order valence-corrected chi connectivity index (χ1v) is 9.41. The zero-order valence-corrected chi connectivity index (χ0v) is 18.3. The van der Waals surface area contributed by atoms with Crippen LogP contribution in [-0.2, 0) is 4.79 Å². The molecule has 4 N–H and O–H groups in total. The average molecular weight is 402 g/mol. The quantitative estimate of drug-likeness (QED) is 0.137. The molecule has 0 saturated heterocycles. The maximum atomic E-state index is 12.0. The molecule has 0 bridgehead atoms. The van der Waals surface area contributed by atoms with Crippen LogP contribution in [0, 0.1) is 0 Å². The van der Waals surface area contributed by atoms with Crippen molar-refractivity contribution in [1.29, 1.82) is 0 Å². The van der Waals surface area contributed by atoms with Gasteiger partial charge in [-0.2, -0.15) is 0 Å². The van der Waals surface area contributed by atoms with E-state index < -0.39 is 0 Å². The van der Waals surface area contributed by atoms with Crippen LogP contribution in [0.15, 0.2) is 0 Å². The Morgan fingerprint density at radius 1 is 0.960 bits per heavy atom. The molecule has 0 saturated carbocycles. The second-order valence-corrected chi connectivity index (χ2v) is 7.79. The van der Waals surface area contributed by atoms with Crippen molar-refractivity contribution in [3.63, 3.8) is 0 Å². The van der Waals surface area contributed by atoms with Crippen molar-refractivity contribution in [2.75, 3.05) is 34.2 Å². The molecule has 1 unspecified atom stereocenters. The first kappa shape index (κ1) is 29.7. The SMILES string of the molecule is CCCCCCCCCCC([NH3+])C(=O)N(O)CCC[N+](C)(C)C.[Cl-].[Cl-]. The van der Waals surface area contributed by atoms with Gasteiger partial charge in [0, 0.05) is 12.8 Å². The second-order valence-electron chi connectivity index (χ2n) is 7.79. The topological polar surface area (TPSA) is 68.2 Å². The fraction of sp³-hybridized carbons (Fsp3) is 0.944. The van der Waals surface area contributed by atoms with Gasteiger partial charge in [0.25, 0.3) is 0 Å². The average Bonchev–Trinajstić information content (AvgIpc) is 2.47. The molecule has 0 aliphatic heterocycles. The third-order valence-corrected chi connectivity index (χ3v) is 4.21. The van der Waals surface area contributed by atoms with Crippen LogP contribution in [-0.4, -0.2) is 60.9 Å². The number of carbonyl (C=O) groups is 1. The Bertz CT molecular complexity index is 313. The molecule has 0 spiro atoms. The molecule has 0 aromatic rings. The predicted molar refractivity (Wildman–Crippen MR) is 94.9 cm³/mol. The van der Waals surface area contributed by atoms with Gasteiger partial charge in [-0.15, -0.1) is 0 Å². The van der Waals surface area contributed by atoms with Gasteiger partial charge in [0.05, 0.1) is 34.2 Å². The minimum absolute atomic E-state index is 0. The molecule has 0 aromatic carbocycles. The zero-order valence-electron chi connectivity index (χ0n) is 16.8. The monoisotopic (exact) mass is 401 g/mol. The summed E-state index contributed by atoms with van der Waals surface area (Å²) in [5.41, 5.74) is 3.92. The lowest BCUT2D eigenvalue weighted by Crippen LogP contribution is -3.00. The van der Waals surface area contributed by atoms with E-state index in [9.17, 15) is 10.0 Å². The van der Waals surface area contributed by atoms with E-state index in [-0.39, 0.29) is 36.8 Å². The van der Waals surface area contributed by atoms with Crippen LogP contribution in [0.1, 0.15) is 71.1 Å². The van der Waals surface area contributed by atoms with Gasteiger partial charge in [-0.05, 0) is 6.42 Å². The Hall–Kier alpha value is -0.0700. The molecule has 25 heavy (non-hydrogen) atoms. The maximum Gasteiger partial charge on any atom is 0.303 e. The smallest absolute Gasteiger partial charge is 0.303 e. The molecule has 0 aromatic heterocycles. The molecule has 0 rings (SSSR count). The van der Waals surface area contributed by atoms with Gasteiger partial charge < -0.3 is 35.0 Å². The highest BCUT2D eigenvalue weighted by Crippen LogP contribution is 2.10. The van der Waals surface area contributed by atoms with Gasteiger partial charge in [0.2, 0.25) is 0 Å². The molecule has 0 heterocycles. The fourth-order valence-electron chi connectivity index (χ4n) is 2.66. The minimum atomic E-state index is -0.316. The predicted octanol–water partition coefficient (Wildman–Crippen LogP) is -3.55. The Morgan fingerprint density at radius 2 is 1.44 bits per heavy atom. The van der Waals surface area contributed by atoms with E-state index >= 15 is 0 Å². The number of hydroxylamine groups is 2. The summed E-state index contributed by atoms with van der Waals surface area (Å²) in [6.07, 6.45) is 11.6. The normalized spacial score (nSPS) is 12.1. The first-order valence-electron chi connectivity index (χ1n) is 9.41. The van der Waals surface area contributed by atoms with Crippen LogP contribution in [0.4, 0.5) is 0 Å². The Kier molecular flexibility index (Phi) is 20.6. The molecule has 1 amide bonds. The summed E-state index contributed by atoms with van der Waals surface area (Å²) in [4.78, 5) is 12.0. The van der Waals surface area contributed by atoms with E-state index in [4.69, 9.17) is 0 Å². The number of quaternary nitrogens is 2. The van der Waals surface area contributed by atoms with Crippen molar-refractivity contribution < 1.29 is 45.0 Å². The van der Waals surface area contributed by atoms with E-state index in [1.165, 1.54) is 44.9 Å². The summed E-state index contributed by atoms with van der Waals surface area (Å²) in [5.74, 6) is -0.227. The second kappa shape index (κ2) is 17.3. The van der Waals surface area contributed by atoms with Gasteiger partial charge in [0.15, 0.2) is 6.04 Å². The molecule has 0 aliphatic carbocycles. The number of halogens is 2. The van der Waals surface area contributed by atoms with Crippen LogP contribution in [0.2, 0.25) is 0 Å². The van der Waals surface area contributed by atoms with Gasteiger partial charge in [-0.1, -0.05) is 51.9 Å². The number of rotatable bonds is 14. The van der Waals surface area contributed by atoms with E-state index in [1.807, 2.05) is 0 Å². The third-order valence-electron chi connectivity index (χ3n) is 4.21. The molecule has 0 radical (unpaired) electrons. The van der Waals surface area contributed by atoms with E-state index in [2.05, 4.69) is 33.8 Å². The van der Waals surface area contributed by atoms with Crippen molar-refractivity contribution in [2.45, 2.75) is 77.2 Å². The summed E-state index contributed by atoms with van der Waals surface area (Å²) in [7, 11) is 6.32. The molecule has 1 atom stereocenters. The van der Waals surface area contributed by atoms with Crippen LogP contribution in [0.3, 0.4) is 0 Å². The van der Waals surface area contributed by atoms with Crippen molar-refractivity contribution >= 4 is 5.91 Å². The number of hydrogen-bond donors (Lipinski definition) is 2. The Labute approximate surface area is 167 Å². The summed E-state index contributed by atoms with van der Waals surface area (Å²) in [6.45, 7) is 3.57. The fourth-order valence-corrected chi connectivity index (χ4v) is 2.66.